The van der Waals surface area contributed by atoms with Crippen LogP contribution in [0.5, 0.6) is 0 Å². The summed E-state index contributed by atoms with van der Waals surface area (Å²) in [5, 5.41) is 9.70. The Kier molecular flexibility index (Phi) is 4.14. The van der Waals surface area contributed by atoms with Gasteiger partial charge in [0.1, 0.15) is 15.7 Å². The number of halogens is 2. The summed E-state index contributed by atoms with van der Waals surface area (Å²) >= 11 is 6.73. The first-order valence-corrected chi connectivity index (χ1v) is 6.39. The van der Waals surface area contributed by atoms with Crippen molar-refractivity contribution >= 4 is 28.9 Å². The van der Waals surface area contributed by atoms with Gasteiger partial charge in [0.25, 0.3) is 0 Å². The van der Waals surface area contributed by atoms with Gasteiger partial charge in [-0.3, -0.25) is 0 Å². The number of rotatable bonds is 4. The molecule has 0 aliphatic carbocycles. The second kappa shape index (κ2) is 5.64. The number of hydrogen-bond acceptors (Lipinski definition) is 4. The molecule has 0 radical (unpaired) electrons. The molecule has 1 aromatic heterocycles. The lowest BCUT2D eigenvalue weighted by atomic mass is 10.2. The van der Waals surface area contributed by atoms with Crippen LogP contribution in [-0.4, -0.2) is 23.2 Å². The van der Waals surface area contributed by atoms with E-state index in [1.165, 1.54) is 25.3 Å². The number of aromatic carboxylic acids is 1. The molecule has 4 nitrogen and oxygen atoms in total. The maximum absolute atomic E-state index is 13.3. The van der Waals surface area contributed by atoms with Gasteiger partial charge in [-0.05, 0) is 18.2 Å². The molecule has 0 saturated carbocycles. The van der Waals surface area contributed by atoms with Crippen molar-refractivity contribution in [2.24, 2.45) is 0 Å². The zero-order chi connectivity index (χ0) is 14.0. The Morgan fingerprint density at radius 3 is 2.84 bits per heavy atom. The summed E-state index contributed by atoms with van der Waals surface area (Å²) in [6.07, 6.45) is 0. The summed E-state index contributed by atoms with van der Waals surface area (Å²) in [5.74, 6) is -1.58. The fraction of sp³-hybridized carbons (Fsp3) is 0.167. The van der Waals surface area contributed by atoms with E-state index in [2.05, 4.69) is 4.98 Å². The number of thiazole rings is 1. The highest BCUT2D eigenvalue weighted by Gasteiger charge is 2.18. The first-order valence-electron chi connectivity index (χ1n) is 5.19. The van der Waals surface area contributed by atoms with Crippen LogP contribution in [0.15, 0.2) is 18.2 Å². The highest BCUT2D eigenvalue weighted by atomic mass is 35.5. The van der Waals surface area contributed by atoms with Crippen molar-refractivity contribution in [2.45, 2.75) is 6.61 Å². The van der Waals surface area contributed by atoms with Gasteiger partial charge in [-0.2, -0.15) is 0 Å². The van der Waals surface area contributed by atoms with E-state index in [0.717, 1.165) is 11.3 Å². The third kappa shape index (κ3) is 3.09. The maximum atomic E-state index is 13.3. The highest BCUT2D eigenvalue weighted by molar-refractivity contribution is 7.17. The molecule has 1 N–H and O–H groups in total. The highest BCUT2D eigenvalue weighted by Crippen LogP contribution is 2.30. The summed E-state index contributed by atoms with van der Waals surface area (Å²) in [6.45, 7) is 0.0845. The van der Waals surface area contributed by atoms with Crippen molar-refractivity contribution in [2.75, 3.05) is 7.11 Å². The van der Waals surface area contributed by atoms with Crippen LogP contribution in [-0.2, 0) is 11.3 Å². The van der Waals surface area contributed by atoms with Crippen molar-refractivity contribution in [1.82, 2.24) is 4.98 Å². The number of benzene rings is 1. The van der Waals surface area contributed by atoms with E-state index in [-0.39, 0.29) is 16.5 Å². The zero-order valence-corrected chi connectivity index (χ0v) is 11.4. The fourth-order valence-electron chi connectivity index (χ4n) is 1.55. The van der Waals surface area contributed by atoms with Gasteiger partial charge in [0.05, 0.1) is 12.3 Å². The molecule has 0 saturated heterocycles. The SMILES string of the molecule is COCc1nc(-c2cc(F)cc(Cl)c2)sc1C(=O)O. The number of aromatic nitrogens is 1. The molecule has 0 amide bonds. The third-order valence-corrected chi connectivity index (χ3v) is 3.64. The van der Waals surface area contributed by atoms with Gasteiger partial charge in [0.15, 0.2) is 0 Å². The quantitative estimate of drug-likeness (QED) is 0.939. The Balaban J connectivity index is 2.50. The Bertz CT molecular complexity index is 609. The van der Waals surface area contributed by atoms with Crippen LogP contribution in [0, 0.1) is 5.82 Å². The summed E-state index contributed by atoms with van der Waals surface area (Å²) in [7, 11) is 1.45. The van der Waals surface area contributed by atoms with E-state index in [4.69, 9.17) is 21.4 Å². The molecule has 1 aromatic carbocycles. The first-order chi connectivity index (χ1) is 9.01. The molecule has 2 rings (SSSR count). The number of nitrogens with zero attached hydrogens (tertiary/aromatic N) is 1. The van der Waals surface area contributed by atoms with E-state index in [9.17, 15) is 9.18 Å². The predicted octanol–water partition coefficient (Wildman–Crippen LogP) is 3.45. The van der Waals surface area contributed by atoms with Crippen molar-refractivity contribution in [3.05, 3.63) is 39.6 Å². The standard InChI is InChI=1S/C12H9ClFNO3S/c1-18-5-9-10(12(16)17)19-11(15-9)6-2-7(13)4-8(14)3-6/h2-4H,5H2,1H3,(H,16,17). The molecule has 0 bridgehead atoms. The zero-order valence-electron chi connectivity index (χ0n) is 9.81. The van der Waals surface area contributed by atoms with E-state index in [1.807, 2.05) is 0 Å². The maximum Gasteiger partial charge on any atom is 0.347 e. The number of carbonyl (C=O) groups is 1. The lowest BCUT2D eigenvalue weighted by Gasteiger charge is -1.98. The molecule has 0 spiro atoms. The first kappa shape index (κ1) is 13.9. The van der Waals surface area contributed by atoms with E-state index in [1.54, 1.807) is 0 Å². The third-order valence-electron chi connectivity index (χ3n) is 2.28. The summed E-state index contributed by atoms with van der Waals surface area (Å²) < 4.78 is 18.2. The van der Waals surface area contributed by atoms with E-state index < -0.39 is 11.8 Å². The summed E-state index contributed by atoms with van der Waals surface area (Å²) in [4.78, 5) is 15.3. The number of hydrogen-bond donors (Lipinski definition) is 1. The van der Waals surface area contributed by atoms with Gasteiger partial charge in [-0.15, -0.1) is 11.3 Å². The largest absolute Gasteiger partial charge is 0.477 e. The lowest BCUT2D eigenvalue weighted by molar-refractivity contribution is 0.0697. The normalized spacial score (nSPS) is 10.7. The average Bonchev–Trinajstić information content (AvgIpc) is 2.72. The van der Waals surface area contributed by atoms with Crippen LogP contribution < -0.4 is 0 Å². The fourth-order valence-corrected chi connectivity index (χ4v) is 2.67. The predicted molar refractivity (Wildman–Crippen MR) is 70.2 cm³/mol. The summed E-state index contributed by atoms with van der Waals surface area (Å²) in [5.41, 5.74) is 0.759. The average molecular weight is 302 g/mol. The van der Waals surface area contributed by atoms with Gasteiger partial charge in [-0.1, -0.05) is 11.6 Å². The molecule has 0 aliphatic rings. The second-order valence-corrected chi connectivity index (χ2v) is 5.13. The van der Waals surface area contributed by atoms with Gasteiger partial charge >= 0.3 is 5.97 Å². The molecular weight excluding hydrogens is 293 g/mol. The molecule has 7 heteroatoms. The molecule has 0 aliphatic heterocycles. The van der Waals surface area contributed by atoms with Crippen molar-refractivity contribution in [1.29, 1.82) is 0 Å². The van der Waals surface area contributed by atoms with Crippen molar-refractivity contribution in [3.63, 3.8) is 0 Å². The Hall–Kier alpha value is -1.50. The Morgan fingerprint density at radius 1 is 1.53 bits per heavy atom. The molecule has 0 fully saturated rings. The molecular formula is C12H9ClFNO3S. The molecule has 19 heavy (non-hydrogen) atoms. The van der Waals surface area contributed by atoms with Crippen LogP contribution in [0.1, 0.15) is 15.4 Å². The topological polar surface area (TPSA) is 59.4 Å². The molecule has 0 unspecified atom stereocenters. The molecule has 2 aromatic rings. The Labute approximate surface area is 117 Å². The monoisotopic (exact) mass is 301 g/mol. The minimum Gasteiger partial charge on any atom is -0.477 e. The molecule has 1 heterocycles. The molecule has 0 atom stereocenters. The number of ether oxygens (including phenoxy) is 1. The summed E-state index contributed by atoms with van der Waals surface area (Å²) in [6, 6.07) is 3.96. The molecule has 100 valence electrons. The minimum absolute atomic E-state index is 0.0808. The minimum atomic E-state index is -1.08. The van der Waals surface area contributed by atoms with Gasteiger partial charge in [0.2, 0.25) is 0 Å². The van der Waals surface area contributed by atoms with E-state index in [0.29, 0.717) is 16.3 Å². The van der Waals surface area contributed by atoms with Gasteiger partial charge in [-0.25, -0.2) is 14.2 Å². The second-order valence-electron chi connectivity index (χ2n) is 3.69. The Morgan fingerprint density at radius 2 is 2.26 bits per heavy atom. The van der Waals surface area contributed by atoms with Crippen molar-refractivity contribution < 1.29 is 19.0 Å². The smallest absolute Gasteiger partial charge is 0.347 e. The van der Waals surface area contributed by atoms with Crippen molar-refractivity contribution in [3.8, 4) is 10.6 Å². The van der Waals surface area contributed by atoms with Crippen LogP contribution in [0.2, 0.25) is 5.02 Å². The van der Waals surface area contributed by atoms with Crippen LogP contribution in [0.25, 0.3) is 10.6 Å². The number of methoxy groups -OCH3 is 1. The van der Waals surface area contributed by atoms with Gasteiger partial charge < -0.3 is 9.84 Å². The van der Waals surface area contributed by atoms with Crippen LogP contribution >= 0.6 is 22.9 Å². The van der Waals surface area contributed by atoms with Crippen LogP contribution in [0.3, 0.4) is 0 Å². The number of carboxylic acid groups (broad SMARTS) is 1. The number of carboxylic acids is 1. The lowest BCUT2D eigenvalue weighted by Crippen LogP contribution is -1.99. The van der Waals surface area contributed by atoms with E-state index >= 15 is 0 Å². The van der Waals surface area contributed by atoms with Gasteiger partial charge in [0, 0.05) is 17.7 Å². The van der Waals surface area contributed by atoms with Crippen LogP contribution in [0.4, 0.5) is 4.39 Å².